The van der Waals surface area contributed by atoms with Crippen LogP contribution in [0.5, 0.6) is 5.75 Å². The van der Waals surface area contributed by atoms with Gasteiger partial charge in [-0.3, -0.25) is 4.79 Å². The highest BCUT2D eigenvalue weighted by Gasteiger charge is 2.14. The smallest absolute Gasteiger partial charge is 0.234 e. The highest BCUT2D eigenvalue weighted by Crippen LogP contribution is 2.29. The van der Waals surface area contributed by atoms with Gasteiger partial charge in [0.1, 0.15) is 10.8 Å². The summed E-state index contributed by atoms with van der Waals surface area (Å²) >= 11 is 7.55. The normalized spacial score (nSPS) is 11.0. The van der Waals surface area contributed by atoms with Crippen LogP contribution in [0.15, 0.2) is 59.8 Å². The van der Waals surface area contributed by atoms with Gasteiger partial charge in [0.25, 0.3) is 0 Å². The van der Waals surface area contributed by atoms with Gasteiger partial charge in [0.2, 0.25) is 5.91 Å². The Labute approximate surface area is 189 Å². The van der Waals surface area contributed by atoms with Crippen molar-refractivity contribution in [3.05, 3.63) is 71.0 Å². The molecule has 0 saturated carbocycles. The molecule has 0 atom stereocenters. The number of aromatic nitrogens is 3. The van der Waals surface area contributed by atoms with Gasteiger partial charge in [-0.05, 0) is 55.3 Å². The second-order valence-electron chi connectivity index (χ2n) is 7.06. The van der Waals surface area contributed by atoms with Crippen molar-refractivity contribution in [3.63, 3.8) is 0 Å². The quantitative estimate of drug-likeness (QED) is 0.313. The molecule has 0 radical (unpaired) electrons. The summed E-state index contributed by atoms with van der Waals surface area (Å²) in [5.74, 6) is 0.915. The third-order valence-electron chi connectivity index (χ3n) is 4.77. The van der Waals surface area contributed by atoms with Crippen molar-refractivity contribution in [1.29, 1.82) is 0 Å². The molecule has 8 heteroatoms. The number of anilines is 1. The summed E-state index contributed by atoms with van der Waals surface area (Å²) in [6, 6.07) is 15.2. The Kier molecular flexibility index (Phi) is 6.15. The summed E-state index contributed by atoms with van der Waals surface area (Å²) in [6.07, 6.45) is 1.79. The van der Waals surface area contributed by atoms with E-state index >= 15 is 0 Å². The van der Waals surface area contributed by atoms with Crippen LogP contribution < -0.4 is 10.1 Å². The highest BCUT2D eigenvalue weighted by molar-refractivity contribution is 7.99. The number of halogens is 1. The molecule has 0 spiro atoms. The second-order valence-corrected chi connectivity index (χ2v) is 8.46. The Morgan fingerprint density at radius 2 is 1.94 bits per heavy atom. The number of carbonyl (C=O) groups excluding carboxylic acids is 1. The number of amides is 1. The Bertz CT molecular complexity index is 1250. The largest absolute Gasteiger partial charge is 0.497 e. The standard InChI is InChI=1S/C23H21ClN4O2S/c1-14-4-7-17(11-20(14)24)27-21(29)13-31-22-10-15(2)26-23-19(12-25-28(22)23)16-5-8-18(30-3)9-6-16/h4-12H,13H2,1-3H3,(H,27,29). The van der Waals surface area contributed by atoms with Gasteiger partial charge >= 0.3 is 0 Å². The molecular formula is C23H21ClN4O2S. The van der Waals surface area contributed by atoms with E-state index in [4.69, 9.17) is 16.3 Å². The average Bonchev–Trinajstić information content (AvgIpc) is 3.18. The minimum Gasteiger partial charge on any atom is -0.497 e. The van der Waals surface area contributed by atoms with Gasteiger partial charge in [0.15, 0.2) is 5.65 Å². The number of thioether (sulfide) groups is 1. The minimum atomic E-state index is -0.116. The first-order valence-electron chi connectivity index (χ1n) is 9.63. The van der Waals surface area contributed by atoms with Crippen molar-refractivity contribution in [2.24, 2.45) is 0 Å². The van der Waals surface area contributed by atoms with Gasteiger partial charge in [-0.25, -0.2) is 9.50 Å². The zero-order valence-electron chi connectivity index (χ0n) is 17.3. The number of fused-ring (bicyclic) bond motifs is 1. The van der Waals surface area contributed by atoms with Crippen LogP contribution in [0.3, 0.4) is 0 Å². The van der Waals surface area contributed by atoms with Crippen LogP contribution in [0.1, 0.15) is 11.3 Å². The minimum absolute atomic E-state index is 0.116. The summed E-state index contributed by atoms with van der Waals surface area (Å²) in [5.41, 5.74) is 5.17. The first-order chi connectivity index (χ1) is 14.9. The van der Waals surface area contributed by atoms with Crippen molar-refractivity contribution in [2.75, 3.05) is 18.2 Å². The van der Waals surface area contributed by atoms with E-state index < -0.39 is 0 Å². The van der Waals surface area contributed by atoms with E-state index in [1.54, 1.807) is 23.9 Å². The molecule has 0 aliphatic rings. The van der Waals surface area contributed by atoms with E-state index in [1.165, 1.54) is 11.8 Å². The maximum absolute atomic E-state index is 12.5. The molecule has 0 aliphatic carbocycles. The topological polar surface area (TPSA) is 68.5 Å². The first-order valence-corrected chi connectivity index (χ1v) is 11.0. The fourth-order valence-electron chi connectivity index (χ4n) is 3.13. The maximum atomic E-state index is 12.5. The molecule has 0 saturated heterocycles. The Morgan fingerprint density at radius 1 is 1.16 bits per heavy atom. The van der Waals surface area contributed by atoms with Crippen LogP contribution in [0.2, 0.25) is 5.02 Å². The number of nitrogens with zero attached hydrogens (tertiary/aromatic N) is 3. The molecule has 2 aromatic heterocycles. The number of benzene rings is 2. The van der Waals surface area contributed by atoms with Gasteiger partial charge in [-0.15, -0.1) is 0 Å². The van der Waals surface area contributed by atoms with E-state index in [2.05, 4.69) is 15.4 Å². The monoisotopic (exact) mass is 452 g/mol. The number of ether oxygens (including phenoxy) is 1. The molecule has 158 valence electrons. The molecule has 0 unspecified atom stereocenters. The lowest BCUT2D eigenvalue weighted by atomic mass is 10.1. The molecule has 31 heavy (non-hydrogen) atoms. The molecule has 4 rings (SSSR count). The van der Waals surface area contributed by atoms with Gasteiger partial charge in [-0.1, -0.05) is 41.6 Å². The van der Waals surface area contributed by atoms with Gasteiger partial charge in [0, 0.05) is 22.0 Å². The van der Waals surface area contributed by atoms with Crippen molar-refractivity contribution < 1.29 is 9.53 Å². The Morgan fingerprint density at radius 3 is 2.65 bits per heavy atom. The summed E-state index contributed by atoms with van der Waals surface area (Å²) in [5, 5.41) is 8.87. The highest BCUT2D eigenvalue weighted by atomic mass is 35.5. The summed E-state index contributed by atoms with van der Waals surface area (Å²) in [4.78, 5) is 17.1. The zero-order chi connectivity index (χ0) is 22.0. The third-order valence-corrected chi connectivity index (χ3v) is 6.18. The molecule has 2 aromatic carbocycles. The predicted molar refractivity (Wildman–Crippen MR) is 125 cm³/mol. The van der Waals surface area contributed by atoms with E-state index in [1.807, 2.05) is 56.3 Å². The number of carbonyl (C=O) groups is 1. The van der Waals surface area contributed by atoms with Gasteiger partial charge < -0.3 is 10.1 Å². The molecule has 0 aliphatic heterocycles. The molecule has 0 bridgehead atoms. The van der Waals surface area contributed by atoms with Crippen molar-refractivity contribution in [3.8, 4) is 16.9 Å². The number of aryl methyl sites for hydroxylation is 2. The van der Waals surface area contributed by atoms with Crippen LogP contribution in [-0.2, 0) is 4.79 Å². The lowest BCUT2D eigenvalue weighted by Crippen LogP contribution is -2.14. The van der Waals surface area contributed by atoms with Gasteiger partial charge in [0.05, 0.1) is 19.1 Å². The third kappa shape index (κ3) is 4.68. The van der Waals surface area contributed by atoms with Crippen molar-refractivity contribution in [2.45, 2.75) is 18.9 Å². The fraction of sp³-hybridized carbons (Fsp3) is 0.174. The van der Waals surface area contributed by atoms with E-state index in [9.17, 15) is 4.79 Å². The number of nitrogens with one attached hydrogen (secondary N) is 1. The molecule has 4 aromatic rings. The molecule has 6 nitrogen and oxygen atoms in total. The number of rotatable bonds is 6. The first kappa shape index (κ1) is 21.2. The molecule has 0 fully saturated rings. The maximum Gasteiger partial charge on any atom is 0.234 e. The predicted octanol–water partition coefficient (Wildman–Crippen LogP) is 5.41. The number of hydrogen-bond acceptors (Lipinski definition) is 5. The fourth-order valence-corrected chi connectivity index (χ4v) is 4.18. The Balaban J connectivity index is 1.54. The second kappa shape index (κ2) is 8.99. The summed E-state index contributed by atoms with van der Waals surface area (Å²) in [6.45, 7) is 3.86. The van der Waals surface area contributed by atoms with E-state index in [0.29, 0.717) is 10.7 Å². The zero-order valence-corrected chi connectivity index (χ0v) is 18.9. The van der Waals surface area contributed by atoms with Crippen LogP contribution in [0.4, 0.5) is 5.69 Å². The summed E-state index contributed by atoms with van der Waals surface area (Å²) in [7, 11) is 1.64. The molecule has 2 heterocycles. The Hall–Kier alpha value is -3.03. The number of methoxy groups -OCH3 is 1. The van der Waals surface area contributed by atoms with Gasteiger partial charge in [-0.2, -0.15) is 5.10 Å². The number of hydrogen-bond donors (Lipinski definition) is 1. The summed E-state index contributed by atoms with van der Waals surface area (Å²) < 4.78 is 7.01. The van der Waals surface area contributed by atoms with Crippen molar-refractivity contribution in [1.82, 2.24) is 14.6 Å². The van der Waals surface area contributed by atoms with Crippen LogP contribution >= 0.6 is 23.4 Å². The van der Waals surface area contributed by atoms with Crippen molar-refractivity contribution >= 4 is 40.6 Å². The lowest BCUT2D eigenvalue weighted by molar-refractivity contribution is -0.113. The average molecular weight is 453 g/mol. The lowest BCUT2D eigenvalue weighted by Gasteiger charge is -2.09. The van der Waals surface area contributed by atoms with E-state index in [-0.39, 0.29) is 11.7 Å². The van der Waals surface area contributed by atoms with Crippen LogP contribution in [0, 0.1) is 13.8 Å². The van der Waals surface area contributed by atoms with Crippen LogP contribution in [0.25, 0.3) is 16.8 Å². The molecule has 1 amide bonds. The molecular weight excluding hydrogens is 432 g/mol. The molecule has 1 N–H and O–H groups in total. The SMILES string of the molecule is COc1ccc(-c2cnn3c(SCC(=O)Nc4ccc(C)c(Cl)c4)cc(C)nc23)cc1. The van der Waals surface area contributed by atoms with Crippen LogP contribution in [-0.4, -0.2) is 33.4 Å². The van der Waals surface area contributed by atoms with E-state index in [0.717, 1.165) is 38.8 Å².